The molecule has 0 spiro atoms. The van der Waals surface area contributed by atoms with Crippen molar-refractivity contribution in [2.75, 3.05) is 45.9 Å². The lowest BCUT2D eigenvalue weighted by atomic mass is 10.2. The molecular weight excluding hydrogens is 452 g/mol. The second kappa shape index (κ2) is 13.6. The molecule has 0 unspecified atom stereocenters. The van der Waals surface area contributed by atoms with Gasteiger partial charge in [-0.25, -0.2) is 0 Å². The van der Waals surface area contributed by atoms with Gasteiger partial charge in [0, 0.05) is 57.2 Å². The Morgan fingerprint density at radius 1 is 0.889 bits per heavy atom. The molecule has 1 aliphatic heterocycles. The van der Waals surface area contributed by atoms with Crippen molar-refractivity contribution in [2.24, 2.45) is 0 Å². The Hall–Kier alpha value is -3.42. The van der Waals surface area contributed by atoms with Crippen LogP contribution in [0, 0.1) is 0 Å². The molecule has 1 aromatic heterocycles. The first-order valence-electron chi connectivity index (χ1n) is 12.8. The van der Waals surface area contributed by atoms with Gasteiger partial charge in [0.2, 0.25) is 0 Å². The van der Waals surface area contributed by atoms with Crippen molar-refractivity contribution in [3.8, 4) is 11.5 Å². The summed E-state index contributed by atoms with van der Waals surface area (Å²) in [5.74, 6) is 1.11. The third kappa shape index (κ3) is 7.80. The molecule has 2 aromatic carbocycles. The fourth-order valence-corrected chi connectivity index (χ4v) is 4.30. The Balaban J connectivity index is 1.18. The Bertz CT molecular complexity index is 1070. The van der Waals surface area contributed by atoms with Crippen LogP contribution in [0.2, 0.25) is 0 Å². The van der Waals surface area contributed by atoms with Crippen molar-refractivity contribution < 1.29 is 14.3 Å². The van der Waals surface area contributed by atoms with Gasteiger partial charge < -0.3 is 19.7 Å². The quantitative estimate of drug-likeness (QED) is 0.389. The lowest BCUT2D eigenvalue weighted by Gasteiger charge is -2.34. The Morgan fingerprint density at radius 2 is 1.64 bits per heavy atom. The highest BCUT2D eigenvalue weighted by molar-refractivity contribution is 5.94. The Labute approximate surface area is 214 Å². The summed E-state index contributed by atoms with van der Waals surface area (Å²) >= 11 is 0. The zero-order valence-electron chi connectivity index (χ0n) is 21.1. The van der Waals surface area contributed by atoms with E-state index in [4.69, 9.17) is 9.47 Å². The van der Waals surface area contributed by atoms with E-state index in [1.54, 1.807) is 30.6 Å². The lowest BCUT2D eigenvalue weighted by Crippen LogP contribution is -2.46. The van der Waals surface area contributed by atoms with Gasteiger partial charge in [-0.2, -0.15) is 0 Å². The zero-order valence-corrected chi connectivity index (χ0v) is 21.1. The molecule has 1 fully saturated rings. The highest BCUT2D eigenvalue weighted by Crippen LogP contribution is 2.29. The van der Waals surface area contributed by atoms with Crippen LogP contribution in [0.5, 0.6) is 11.5 Å². The van der Waals surface area contributed by atoms with Crippen molar-refractivity contribution in [3.05, 3.63) is 89.7 Å². The van der Waals surface area contributed by atoms with Gasteiger partial charge in [0.25, 0.3) is 5.91 Å². The molecule has 3 aromatic rings. The number of aromatic nitrogens is 1. The van der Waals surface area contributed by atoms with Gasteiger partial charge in [0.05, 0.1) is 6.61 Å². The molecule has 4 rings (SSSR count). The molecule has 1 aliphatic rings. The first-order chi connectivity index (χ1) is 17.7. The van der Waals surface area contributed by atoms with E-state index < -0.39 is 0 Å². The van der Waals surface area contributed by atoms with Crippen LogP contribution in [0.1, 0.15) is 34.8 Å². The highest BCUT2D eigenvalue weighted by atomic mass is 16.5. The van der Waals surface area contributed by atoms with E-state index in [9.17, 15) is 4.79 Å². The average Bonchev–Trinajstić information content (AvgIpc) is 2.92. The number of hydrogen-bond acceptors (Lipinski definition) is 6. The molecule has 0 radical (unpaired) electrons. The maximum Gasteiger partial charge on any atom is 0.251 e. The van der Waals surface area contributed by atoms with Gasteiger partial charge in [-0.15, -0.1) is 0 Å². The van der Waals surface area contributed by atoms with Gasteiger partial charge in [-0.05, 0) is 61.3 Å². The fraction of sp³-hybridized carbons (Fsp3) is 0.379. The van der Waals surface area contributed by atoms with Gasteiger partial charge in [-0.3, -0.25) is 14.7 Å². The van der Waals surface area contributed by atoms with E-state index in [1.165, 1.54) is 5.56 Å². The first-order valence-corrected chi connectivity index (χ1v) is 12.8. The van der Waals surface area contributed by atoms with Crippen LogP contribution in [0.4, 0.5) is 0 Å². The van der Waals surface area contributed by atoms with Crippen molar-refractivity contribution in [3.63, 3.8) is 0 Å². The summed E-state index contributed by atoms with van der Waals surface area (Å²) in [5.41, 5.74) is 2.96. The Morgan fingerprint density at radius 3 is 2.39 bits per heavy atom. The van der Waals surface area contributed by atoms with Crippen LogP contribution in [0.15, 0.2) is 73.1 Å². The average molecular weight is 489 g/mol. The second-order valence-electron chi connectivity index (χ2n) is 8.95. The maximum absolute atomic E-state index is 12.7. The van der Waals surface area contributed by atoms with Crippen LogP contribution in [-0.2, 0) is 13.2 Å². The number of carbonyl (C=O) groups is 1. The smallest absolute Gasteiger partial charge is 0.251 e. The summed E-state index contributed by atoms with van der Waals surface area (Å²) in [5, 5.41) is 3.05. The van der Waals surface area contributed by atoms with E-state index in [2.05, 4.69) is 50.4 Å². The maximum atomic E-state index is 12.7. The normalized spacial score (nSPS) is 14.4. The summed E-state index contributed by atoms with van der Waals surface area (Å²) in [6.45, 7) is 9.78. The molecule has 36 heavy (non-hydrogen) atoms. The van der Waals surface area contributed by atoms with E-state index in [1.807, 2.05) is 19.1 Å². The van der Waals surface area contributed by atoms with Crippen LogP contribution < -0.4 is 14.8 Å². The van der Waals surface area contributed by atoms with Gasteiger partial charge >= 0.3 is 0 Å². The molecular formula is C29H36N4O3. The molecule has 1 saturated heterocycles. The van der Waals surface area contributed by atoms with Crippen molar-refractivity contribution in [2.45, 2.75) is 26.5 Å². The molecule has 2 heterocycles. The molecule has 0 bridgehead atoms. The number of nitrogens with zero attached hydrogens (tertiary/aromatic N) is 3. The third-order valence-corrected chi connectivity index (χ3v) is 6.30. The van der Waals surface area contributed by atoms with E-state index in [0.29, 0.717) is 36.8 Å². The summed E-state index contributed by atoms with van der Waals surface area (Å²) in [6.07, 6.45) is 4.40. The second-order valence-corrected chi connectivity index (χ2v) is 8.95. The predicted octanol–water partition coefficient (Wildman–Crippen LogP) is 4.00. The number of pyridine rings is 1. The summed E-state index contributed by atoms with van der Waals surface area (Å²) < 4.78 is 11.7. The standard InChI is InChI=1S/C29H36N4O3/c1-2-35-28-21-26(9-10-27(28)36-23-25-11-14-30-15-12-25)29(34)31-13-6-16-32-17-19-33(20-18-32)22-24-7-4-3-5-8-24/h3-5,7-12,14-15,21H,2,6,13,16-20,22-23H2,1H3,(H,31,34). The van der Waals surface area contributed by atoms with Gasteiger partial charge in [-0.1, -0.05) is 30.3 Å². The van der Waals surface area contributed by atoms with Crippen LogP contribution in [-0.4, -0.2) is 66.6 Å². The predicted molar refractivity (Wildman–Crippen MR) is 141 cm³/mol. The minimum Gasteiger partial charge on any atom is -0.490 e. The number of benzene rings is 2. The lowest BCUT2D eigenvalue weighted by molar-refractivity contribution is 0.0946. The third-order valence-electron chi connectivity index (χ3n) is 6.30. The molecule has 190 valence electrons. The number of ether oxygens (including phenoxy) is 2. The number of piperazine rings is 1. The molecule has 7 heteroatoms. The summed E-state index contributed by atoms with van der Waals surface area (Å²) in [7, 11) is 0. The zero-order chi connectivity index (χ0) is 25.0. The van der Waals surface area contributed by atoms with Crippen LogP contribution in [0.25, 0.3) is 0 Å². The van der Waals surface area contributed by atoms with Gasteiger partial charge in [0.1, 0.15) is 6.61 Å². The number of carbonyl (C=O) groups excluding carboxylic acids is 1. The molecule has 0 atom stereocenters. The van der Waals surface area contributed by atoms with Gasteiger partial charge in [0.15, 0.2) is 11.5 Å². The molecule has 1 N–H and O–H groups in total. The number of nitrogens with one attached hydrogen (secondary N) is 1. The van der Waals surface area contributed by atoms with Crippen LogP contribution >= 0.6 is 0 Å². The molecule has 1 amide bonds. The minimum atomic E-state index is -0.0932. The minimum absolute atomic E-state index is 0.0932. The van der Waals surface area contributed by atoms with E-state index in [0.717, 1.165) is 51.3 Å². The van der Waals surface area contributed by atoms with E-state index >= 15 is 0 Å². The van der Waals surface area contributed by atoms with Crippen molar-refractivity contribution >= 4 is 5.91 Å². The monoisotopic (exact) mass is 488 g/mol. The Kier molecular flexibility index (Phi) is 9.70. The SMILES string of the molecule is CCOc1cc(C(=O)NCCCN2CCN(Cc3ccccc3)CC2)ccc1OCc1ccncc1. The van der Waals surface area contributed by atoms with Crippen LogP contribution in [0.3, 0.4) is 0 Å². The largest absolute Gasteiger partial charge is 0.490 e. The molecule has 0 saturated carbocycles. The molecule has 0 aliphatic carbocycles. The molecule has 7 nitrogen and oxygen atoms in total. The number of rotatable bonds is 12. The first kappa shape index (κ1) is 25.7. The fourth-order valence-electron chi connectivity index (χ4n) is 4.30. The highest BCUT2D eigenvalue weighted by Gasteiger charge is 2.17. The number of hydrogen-bond donors (Lipinski definition) is 1. The topological polar surface area (TPSA) is 66.9 Å². The number of amides is 1. The summed E-state index contributed by atoms with van der Waals surface area (Å²) in [4.78, 5) is 21.7. The summed E-state index contributed by atoms with van der Waals surface area (Å²) in [6, 6.07) is 19.8. The van der Waals surface area contributed by atoms with Crippen molar-refractivity contribution in [1.29, 1.82) is 0 Å². The van der Waals surface area contributed by atoms with Crippen molar-refractivity contribution in [1.82, 2.24) is 20.1 Å². The van der Waals surface area contributed by atoms with E-state index in [-0.39, 0.29) is 5.91 Å².